The van der Waals surface area contributed by atoms with Crippen molar-refractivity contribution in [2.45, 2.75) is 0 Å². The van der Waals surface area contributed by atoms with Crippen LogP contribution in [0.4, 0.5) is 0 Å². The molecule has 0 bridgehead atoms. The van der Waals surface area contributed by atoms with Crippen LogP contribution in [0.15, 0.2) is 34.5 Å². The van der Waals surface area contributed by atoms with Crippen LogP contribution in [-0.4, -0.2) is 11.6 Å². The van der Waals surface area contributed by atoms with Crippen molar-refractivity contribution in [3.05, 3.63) is 34.5 Å². The predicted molar refractivity (Wildman–Crippen MR) is 52.4 cm³/mol. The Kier molecular flexibility index (Phi) is 3.56. The van der Waals surface area contributed by atoms with Crippen LogP contribution in [-0.2, 0) is 0 Å². The maximum Gasteiger partial charge on any atom is 0.138 e. The lowest BCUT2D eigenvalue weighted by molar-refractivity contribution is 0.358. The molecule has 0 aromatic carbocycles. The summed E-state index contributed by atoms with van der Waals surface area (Å²) in [5, 5.41) is 0.470. The van der Waals surface area contributed by atoms with Crippen LogP contribution in [0.3, 0.4) is 0 Å². The molecule has 0 unspecified atom stereocenters. The van der Waals surface area contributed by atoms with Gasteiger partial charge in [0.1, 0.15) is 17.0 Å². The Morgan fingerprint density at radius 2 is 2.42 bits per heavy atom. The maximum absolute atomic E-state index is 5.51. The third kappa shape index (κ3) is 3.24. The molecule has 0 N–H and O–H groups in total. The molecule has 0 amide bonds. The molecule has 2 nitrogen and oxygen atoms in total. The van der Waals surface area contributed by atoms with Crippen molar-refractivity contribution in [3.8, 4) is 5.75 Å². The first kappa shape index (κ1) is 9.55. The van der Waals surface area contributed by atoms with E-state index < -0.39 is 0 Å². The van der Waals surface area contributed by atoms with Crippen molar-refractivity contribution in [1.82, 2.24) is 4.98 Å². The Labute approximate surface area is 84.3 Å². The van der Waals surface area contributed by atoms with Gasteiger partial charge in [-0.15, -0.1) is 0 Å². The summed E-state index contributed by atoms with van der Waals surface area (Å²) in [6.07, 6.45) is 1.61. The molecule has 1 aromatic heterocycles. The van der Waals surface area contributed by atoms with E-state index in [1.807, 2.05) is 0 Å². The summed E-state index contributed by atoms with van der Waals surface area (Å²) < 4.78 is 5.98. The van der Waals surface area contributed by atoms with Gasteiger partial charge in [-0.25, -0.2) is 4.98 Å². The van der Waals surface area contributed by atoms with Gasteiger partial charge < -0.3 is 4.74 Å². The van der Waals surface area contributed by atoms with E-state index in [2.05, 4.69) is 27.5 Å². The first-order valence-corrected chi connectivity index (χ1v) is 4.43. The second kappa shape index (κ2) is 4.48. The van der Waals surface area contributed by atoms with Gasteiger partial charge in [0, 0.05) is 5.03 Å². The van der Waals surface area contributed by atoms with E-state index in [0.29, 0.717) is 17.4 Å². The van der Waals surface area contributed by atoms with Crippen LogP contribution in [0.2, 0.25) is 0 Å². The number of ether oxygens (including phenoxy) is 1. The highest BCUT2D eigenvalue weighted by atomic mass is 79.9. The lowest BCUT2D eigenvalue weighted by Gasteiger charge is -2.02. The Hall–Kier alpha value is -0.540. The van der Waals surface area contributed by atoms with Gasteiger partial charge in [0.2, 0.25) is 0 Å². The fourth-order valence-corrected chi connectivity index (χ4v) is 0.898. The van der Waals surface area contributed by atoms with Gasteiger partial charge in [0.05, 0.1) is 6.20 Å². The maximum atomic E-state index is 5.51. The van der Waals surface area contributed by atoms with E-state index in [0.717, 1.165) is 4.60 Å². The molecule has 0 fully saturated rings. The van der Waals surface area contributed by atoms with Crippen molar-refractivity contribution < 1.29 is 4.74 Å². The lowest BCUT2D eigenvalue weighted by Crippen LogP contribution is -1.96. The summed E-state index contributed by atoms with van der Waals surface area (Å²) in [7, 11) is 0. The summed E-state index contributed by atoms with van der Waals surface area (Å²) in [5.41, 5.74) is 0. The summed E-state index contributed by atoms with van der Waals surface area (Å²) in [6, 6.07) is 3.60. The van der Waals surface area contributed by atoms with Crippen molar-refractivity contribution in [1.29, 1.82) is 0 Å². The molecule has 4 heteroatoms. The minimum atomic E-state index is 0.310. The van der Waals surface area contributed by atoms with Crippen molar-refractivity contribution in [3.63, 3.8) is 0 Å². The molecule has 0 atom stereocenters. The van der Waals surface area contributed by atoms with Crippen molar-refractivity contribution in [2.75, 3.05) is 6.61 Å². The number of nitrogens with zero attached hydrogens (tertiary/aromatic N) is 1. The topological polar surface area (TPSA) is 22.1 Å². The Balaban J connectivity index is 2.53. The second-order valence-corrected chi connectivity index (χ2v) is 3.47. The fourth-order valence-electron chi connectivity index (χ4n) is 0.609. The van der Waals surface area contributed by atoms with Gasteiger partial charge in [-0.1, -0.05) is 18.2 Å². The molecule has 0 aliphatic rings. The quantitative estimate of drug-likeness (QED) is 0.767. The third-order valence-corrected chi connectivity index (χ3v) is 1.67. The molecule has 1 rings (SSSR count). The summed E-state index contributed by atoms with van der Waals surface area (Å²) in [4.78, 5) is 3.98. The molecule has 0 radical (unpaired) electrons. The number of halogens is 2. The highest BCUT2D eigenvalue weighted by Gasteiger charge is 1.94. The van der Waals surface area contributed by atoms with Gasteiger partial charge in [0.15, 0.2) is 0 Å². The molecule has 12 heavy (non-hydrogen) atoms. The molecule has 0 aliphatic carbocycles. The molecule has 1 heterocycles. The smallest absolute Gasteiger partial charge is 0.138 e. The van der Waals surface area contributed by atoms with Gasteiger partial charge in [0.25, 0.3) is 0 Å². The van der Waals surface area contributed by atoms with Crippen LogP contribution < -0.4 is 4.74 Å². The number of hydrogen-bond acceptors (Lipinski definition) is 2. The van der Waals surface area contributed by atoms with E-state index in [1.54, 1.807) is 18.3 Å². The molecule has 0 saturated carbocycles. The Morgan fingerprint density at radius 1 is 1.67 bits per heavy atom. The SMILES string of the molecule is C=C(Cl)COc1ccc(Br)nc1. The standard InChI is InChI=1S/C8H7BrClNO/c1-6(10)5-12-7-2-3-8(9)11-4-7/h2-4H,1,5H2. The largest absolute Gasteiger partial charge is 0.486 e. The molecular weight excluding hydrogens is 241 g/mol. The summed E-state index contributed by atoms with van der Waals surface area (Å²) in [6.45, 7) is 3.81. The minimum absolute atomic E-state index is 0.310. The zero-order chi connectivity index (χ0) is 8.97. The predicted octanol–water partition coefficient (Wildman–Crippen LogP) is 2.98. The summed E-state index contributed by atoms with van der Waals surface area (Å²) >= 11 is 8.73. The van der Waals surface area contributed by atoms with Crippen LogP contribution in [0.1, 0.15) is 0 Å². The van der Waals surface area contributed by atoms with Crippen molar-refractivity contribution >= 4 is 27.5 Å². The van der Waals surface area contributed by atoms with E-state index in [4.69, 9.17) is 16.3 Å². The summed E-state index contributed by atoms with van der Waals surface area (Å²) in [5.74, 6) is 0.681. The van der Waals surface area contributed by atoms with Crippen molar-refractivity contribution in [2.24, 2.45) is 0 Å². The Bertz CT molecular complexity index is 273. The third-order valence-electron chi connectivity index (χ3n) is 1.10. The average Bonchev–Trinajstić information content (AvgIpc) is 2.03. The zero-order valence-electron chi connectivity index (χ0n) is 6.26. The molecule has 0 saturated heterocycles. The van der Waals surface area contributed by atoms with Crippen LogP contribution in [0, 0.1) is 0 Å². The van der Waals surface area contributed by atoms with E-state index in [1.165, 1.54) is 0 Å². The molecule has 0 spiro atoms. The van der Waals surface area contributed by atoms with E-state index in [9.17, 15) is 0 Å². The lowest BCUT2D eigenvalue weighted by atomic mass is 10.5. The van der Waals surface area contributed by atoms with E-state index in [-0.39, 0.29) is 0 Å². The monoisotopic (exact) mass is 247 g/mol. The normalized spacial score (nSPS) is 9.50. The van der Waals surface area contributed by atoms with E-state index >= 15 is 0 Å². The number of pyridine rings is 1. The second-order valence-electron chi connectivity index (χ2n) is 2.12. The molecule has 1 aromatic rings. The van der Waals surface area contributed by atoms with Crippen LogP contribution in [0.5, 0.6) is 5.75 Å². The van der Waals surface area contributed by atoms with Gasteiger partial charge >= 0.3 is 0 Å². The number of rotatable bonds is 3. The first-order chi connectivity index (χ1) is 5.68. The highest BCUT2D eigenvalue weighted by Crippen LogP contribution is 2.13. The van der Waals surface area contributed by atoms with Gasteiger partial charge in [-0.05, 0) is 28.1 Å². The van der Waals surface area contributed by atoms with Gasteiger partial charge in [-0.3, -0.25) is 0 Å². The molecule has 0 aliphatic heterocycles. The highest BCUT2D eigenvalue weighted by molar-refractivity contribution is 9.10. The molecule has 64 valence electrons. The first-order valence-electron chi connectivity index (χ1n) is 3.26. The fraction of sp³-hybridized carbons (Fsp3) is 0.125. The zero-order valence-corrected chi connectivity index (χ0v) is 8.60. The average molecular weight is 249 g/mol. The molecular formula is C8H7BrClNO. The minimum Gasteiger partial charge on any atom is -0.486 e. The van der Waals surface area contributed by atoms with Gasteiger partial charge in [-0.2, -0.15) is 0 Å². The van der Waals surface area contributed by atoms with Crippen LogP contribution in [0.25, 0.3) is 0 Å². The Morgan fingerprint density at radius 3 is 2.92 bits per heavy atom. The number of hydrogen-bond donors (Lipinski definition) is 0. The van der Waals surface area contributed by atoms with Crippen LogP contribution >= 0.6 is 27.5 Å². The number of aromatic nitrogens is 1.